The van der Waals surface area contributed by atoms with Crippen LogP contribution in [-0.4, -0.2) is 63.2 Å². The Kier molecular flexibility index (Phi) is 8.81. The van der Waals surface area contributed by atoms with Crippen molar-refractivity contribution in [1.82, 2.24) is 10.2 Å². The van der Waals surface area contributed by atoms with Crippen LogP contribution in [0.1, 0.15) is 50.2 Å². The highest BCUT2D eigenvalue weighted by atomic mass is 32.2. The van der Waals surface area contributed by atoms with Gasteiger partial charge >= 0.3 is 0 Å². The maximum Gasteiger partial charge on any atom is 0.244 e. The van der Waals surface area contributed by atoms with Crippen LogP contribution in [-0.2, 0) is 26.2 Å². The zero-order valence-electron chi connectivity index (χ0n) is 22.3. The van der Waals surface area contributed by atoms with Gasteiger partial charge in [-0.05, 0) is 44.4 Å². The maximum absolute atomic E-state index is 13.8. The number of benzene rings is 2. The molecule has 1 heterocycles. The first kappa shape index (κ1) is 27.8. The molecule has 0 unspecified atom stereocenters. The fraction of sp³-hybridized carbons (Fsp3) is 0.500. The number of nitrogens with one attached hydrogen (secondary N) is 1. The van der Waals surface area contributed by atoms with Crippen LogP contribution in [0.3, 0.4) is 0 Å². The Hall–Kier alpha value is -3.27. The molecular formula is C28H37N3O6S. The fourth-order valence-electron chi connectivity index (χ4n) is 4.84. The molecule has 1 aliphatic heterocycles. The van der Waals surface area contributed by atoms with Crippen molar-refractivity contribution in [1.29, 1.82) is 0 Å². The molecule has 2 aromatic carbocycles. The van der Waals surface area contributed by atoms with Crippen molar-refractivity contribution < 1.29 is 27.5 Å². The molecule has 4 rings (SSSR count). The van der Waals surface area contributed by atoms with Crippen LogP contribution in [0.25, 0.3) is 0 Å². The highest BCUT2D eigenvalue weighted by molar-refractivity contribution is 7.92. The molecule has 0 bridgehead atoms. The molecule has 2 aromatic rings. The summed E-state index contributed by atoms with van der Waals surface area (Å²) in [6, 6.07) is 11.8. The van der Waals surface area contributed by atoms with E-state index >= 15 is 0 Å². The van der Waals surface area contributed by atoms with Gasteiger partial charge in [0, 0.05) is 18.7 Å². The molecule has 10 heteroatoms. The number of hydrogen-bond donors (Lipinski definition) is 1. The highest BCUT2D eigenvalue weighted by Gasteiger charge is 2.31. The molecule has 0 spiro atoms. The summed E-state index contributed by atoms with van der Waals surface area (Å²) in [5.74, 6) is 0.236. The van der Waals surface area contributed by atoms with Gasteiger partial charge in [0.1, 0.15) is 25.8 Å². The third-order valence-corrected chi connectivity index (χ3v) is 8.23. The molecule has 1 atom stereocenters. The molecule has 38 heavy (non-hydrogen) atoms. The molecule has 2 amide bonds. The van der Waals surface area contributed by atoms with E-state index in [1.807, 2.05) is 31.2 Å². The minimum Gasteiger partial charge on any atom is -0.486 e. The molecule has 1 fully saturated rings. The molecule has 0 radical (unpaired) electrons. The lowest BCUT2D eigenvalue weighted by Crippen LogP contribution is -2.52. The number of sulfonamides is 1. The smallest absolute Gasteiger partial charge is 0.244 e. The van der Waals surface area contributed by atoms with Crippen LogP contribution in [0.15, 0.2) is 42.5 Å². The summed E-state index contributed by atoms with van der Waals surface area (Å²) in [5.41, 5.74) is 2.22. The molecule has 0 aromatic heterocycles. The van der Waals surface area contributed by atoms with Crippen LogP contribution in [0.2, 0.25) is 0 Å². The fourth-order valence-corrected chi connectivity index (χ4v) is 5.68. The van der Waals surface area contributed by atoms with Crippen molar-refractivity contribution in [3.05, 3.63) is 53.6 Å². The summed E-state index contributed by atoms with van der Waals surface area (Å²) < 4.78 is 37.9. The Labute approximate surface area is 225 Å². The van der Waals surface area contributed by atoms with Crippen LogP contribution in [0, 0.1) is 6.92 Å². The molecule has 0 saturated heterocycles. The van der Waals surface area contributed by atoms with Gasteiger partial charge in [0.2, 0.25) is 21.8 Å². The number of nitrogens with zero attached hydrogens (tertiary/aromatic N) is 2. The Bertz CT molecular complexity index is 1240. The lowest BCUT2D eigenvalue weighted by atomic mass is 9.95. The summed E-state index contributed by atoms with van der Waals surface area (Å²) in [7, 11) is -3.83. The van der Waals surface area contributed by atoms with E-state index in [0.29, 0.717) is 30.4 Å². The number of aryl methyl sites for hydroxylation is 1. The second-order valence-electron chi connectivity index (χ2n) is 10.1. The quantitative estimate of drug-likeness (QED) is 0.520. The first-order valence-electron chi connectivity index (χ1n) is 13.1. The SMILES string of the molecule is Cc1ccc(CN(C(=O)CN(c2ccc3c(c2)OCCO3)S(C)(=O)=O)[C@@H](C)C(=O)NC2CCCCC2)cc1. The largest absolute Gasteiger partial charge is 0.486 e. The van der Waals surface area contributed by atoms with Crippen molar-refractivity contribution >= 4 is 27.5 Å². The minimum atomic E-state index is -3.83. The molecule has 206 valence electrons. The molecular weight excluding hydrogens is 506 g/mol. The summed E-state index contributed by atoms with van der Waals surface area (Å²) in [6.07, 6.45) is 6.23. The first-order chi connectivity index (χ1) is 18.1. The van der Waals surface area contributed by atoms with Crippen molar-refractivity contribution in [2.45, 2.75) is 64.6 Å². The van der Waals surface area contributed by atoms with Crippen LogP contribution >= 0.6 is 0 Å². The lowest BCUT2D eigenvalue weighted by molar-refractivity contribution is -0.139. The summed E-state index contributed by atoms with van der Waals surface area (Å²) >= 11 is 0. The molecule has 9 nitrogen and oxygen atoms in total. The van der Waals surface area contributed by atoms with Gasteiger partial charge in [-0.3, -0.25) is 13.9 Å². The second kappa shape index (κ2) is 12.1. The summed E-state index contributed by atoms with van der Waals surface area (Å²) in [5, 5.41) is 3.10. The van der Waals surface area contributed by atoms with Gasteiger partial charge in [0.25, 0.3) is 0 Å². The Morgan fingerprint density at radius 1 is 1.00 bits per heavy atom. The maximum atomic E-state index is 13.8. The van der Waals surface area contributed by atoms with E-state index in [0.717, 1.165) is 47.4 Å². The number of anilines is 1. The normalized spacial score (nSPS) is 16.4. The van der Waals surface area contributed by atoms with Crippen molar-refractivity contribution in [2.24, 2.45) is 0 Å². The van der Waals surface area contributed by atoms with Crippen LogP contribution in [0.4, 0.5) is 5.69 Å². The van der Waals surface area contributed by atoms with Crippen LogP contribution < -0.4 is 19.1 Å². The van der Waals surface area contributed by atoms with Gasteiger partial charge in [-0.1, -0.05) is 49.1 Å². The topological polar surface area (TPSA) is 105 Å². The van der Waals surface area contributed by atoms with Gasteiger partial charge in [0.05, 0.1) is 11.9 Å². The van der Waals surface area contributed by atoms with Crippen molar-refractivity contribution in [2.75, 3.05) is 30.3 Å². The van der Waals surface area contributed by atoms with E-state index in [1.165, 1.54) is 11.3 Å². The zero-order valence-corrected chi connectivity index (χ0v) is 23.1. The number of ether oxygens (including phenoxy) is 2. The number of amides is 2. The highest BCUT2D eigenvalue weighted by Crippen LogP contribution is 2.34. The van der Waals surface area contributed by atoms with E-state index in [2.05, 4.69) is 5.32 Å². The Morgan fingerprint density at radius 2 is 1.66 bits per heavy atom. The van der Waals surface area contributed by atoms with Gasteiger partial charge in [-0.25, -0.2) is 8.42 Å². The molecule has 2 aliphatic rings. The predicted molar refractivity (Wildman–Crippen MR) is 146 cm³/mol. The Morgan fingerprint density at radius 3 is 2.32 bits per heavy atom. The van der Waals surface area contributed by atoms with Gasteiger partial charge in [-0.2, -0.15) is 0 Å². The van der Waals surface area contributed by atoms with E-state index in [1.54, 1.807) is 25.1 Å². The van der Waals surface area contributed by atoms with Gasteiger partial charge in [-0.15, -0.1) is 0 Å². The van der Waals surface area contributed by atoms with Gasteiger partial charge < -0.3 is 19.7 Å². The zero-order chi connectivity index (χ0) is 27.3. The van der Waals surface area contributed by atoms with Crippen LogP contribution in [0.5, 0.6) is 11.5 Å². The van der Waals surface area contributed by atoms with Crippen molar-refractivity contribution in [3.63, 3.8) is 0 Å². The van der Waals surface area contributed by atoms with Crippen molar-refractivity contribution in [3.8, 4) is 11.5 Å². The first-order valence-corrected chi connectivity index (χ1v) is 15.0. The van der Waals surface area contributed by atoms with E-state index in [-0.39, 0.29) is 18.5 Å². The van der Waals surface area contributed by atoms with Gasteiger partial charge in [0.15, 0.2) is 11.5 Å². The van der Waals surface area contributed by atoms with E-state index < -0.39 is 28.5 Å². The standard InChI is InChI=1S/C28H37N3O6S/c1-20-9-11-22(12-10-20)18-30(21(2)28(33)29-23-7-5-4-6-8-23)27(32)19-31(38(3,34)35)24-13-14-25-26(17-24)37-16-15-36-25/h9-14,17,21,23H,4-8,15-16,18-19H2,1-3H3,(H,29,33)/t21-/m0/s1. The third-order valence-electron chi connectivity index (χ3n) is 7.09. The Balaban J connectivity index is 1.58. The average Bonchev–Trinajstić information content (AvgIpc) is 2.90. The van der Waals surface area contributed by atoms with E-state index in [4.69, 9.17) is 9.47 Å². The average molecular weight is 544 g/mol. The second-order valence-corrected chi connectivity index (χ2v) is 12.0. The molecule has 1 saturated carbocycles. The summed E-state index contributed by atoms with van der Waals surface area (Å²) in [4.78, 5) is 28.5. The predicted octanol–water partition coefficient (Wildman–Crippen LogP) is 3.40. The monoisotopic (exact) mass is 543 g/mol. The molecule has 1 N–H and O–H groups in total. The lowest BCUT2D eigenvalue weighted by Gasteiger charge is -2.33. The number of carbonyl (C=O) groups excluding carboxylic acids is 2. The minimum absolute atomic E-state index is 0.0975. The van der Waals surface area contributed by atoms with E-state index in [9.17, 15) is 18.0 Å². The molecule has 1 aliphatic carbocycles. The number of carbonyl (C=O) groups is 2. The third kappa shape index (κ3) is 6.98. The number of hydrogen-bond acceptors (Lipinski definition) is 6. The summed E-state index contributed by atoms with van der Waals surface area (Å²) in [6.45, 7) is 4.16. The number of fused-ring (bicyclic) bond motifs is 1. The number of rotatable bonds is 9.